The number of halogens is 1. The summed E-state index contributed by atoms with van der Waals surface area (Å²) < 4.78 is 2.74. The molecule has 0 bridgehead atoms. The summed E-state index contributed by atoms with van der Waals surface area (Å²) in [5.41, 5.74) is 0. The second kappa shape index (κ2) is 3.32. The molecule has 0 fully saturated rings. The molecular formula is C9H13BrGe. The summed E-state index contributed by atoms with van der Waals surface area (Å²) >= 11 is 1.89. The molecule has 1 rings (SSSR count). The maximum absolute atomic E-state index is 3.43. The van der Waals surface area contributed by atoms with Gasteiger partial charge in [-0.2, -0.15) is 0 Å². The summed E-state index contributed by atoms with van der Waals surface area (Å²) in [4.78, 5) is 0. The van der Waals surface area contributed by atoms with Gasteiger partial charge in [-0.05, 0) is 0 Å². The Morgan fingerprint density at radius 2 is 1.45 bits per heavy atom. The summed E-state index contributed by atoms with van der Waals surface area (Å²) in [5, 5.41) is 0. The molecule has 0 aliphatic rings. The van der Waals surface area contributed by atoms with Crippen LogP contribution < -0.4 is 4.40 Å². The molecule has 0 unspecified atom stereocenters. The van der Waals surface area contributed by atoms with Crippen LogP contribution in [0.2, 0.25) is 17.3 Å². The molecule has 0 N–H and O–H groups in total. The quantitative estimate of drug-likeness (QED) is 0.690. The average molecular weight is 274 g/mol. The van der Waals surface area contributed by atoms with Crippen molar-refractivity contribution >= 4 is 33.6 Å². The molecular weight excluding hydrogens is 261 g/mol. The molecule has 0 saturated heterocycles. The minimum absolute atomic E-state index is 1.17. The van der Waals surface area contributed by atoms with Gasteiger partial charge < -0.3 is 0 Å². The molecule has 0 spiro atoms. The molecule has 60 valence electrons. The van der Waals surface area contributed by atoms with Crippen molar-refractivity contribution in [2.45, 2.75) is 17.3 Å². The summed E-state index contributed by atoms with van der Waals surface area (Å²) in [6.07, 6.45) is 0. The first-order chi connectivity index (χ1) is 5.00. The molecule has 1 aromatic carbocycles. The molecule has 0 aromatic heterocycles. The monoisotopic (exact) mass is 274 g/mol. The van der Waals surface area contributed by atoms with Gasteiger partial charge in [-0.25, -0.2) is 0 Å². The zero-order valence-electron chi connectivity index (χ0n) is 7.19. The Bertz CT molecular complexity index is 233. The van der Waals surface area contributed by atoms with E-state index in [1.807, 2.05) is 0 Å². The van der Waals surface area contributed by atoms with E-state index in [0.29, 0.717) is 0 Å². The molecule has 0 atom stereocenters. The SMILES string of the molecule is [CH3][Ge]([CH3])([CH3])[c]1ccc(Br)cc1. The molecule has 0 saturated carbocycles. The van der Waals surface area contributed by atoms with E-state index in [-0.39, 0.29) is 0 Å². The predicted octanol–water partition coefficient (Wildman–Crippen LogP) is 2.99. The van der Waals surface area contributed by atoms with Gasteiger partial charge in [0.05, 0.1) is 0 Å². The van der Waals surface area contributed by atoms with Crippen molar-refractivity contribution in [1.82, 2.24) is 0 Å². The van der Waals surface area contributed by atoms with E-state index in [4.69, 9.17) is 0 Å². The standard InChI is InChI=1S/C9H13BrGe/c1-11(2,3)9-6-4-8(10)5-7-9/h4-7H,1-3H3. The molecule has 0 nitrogen and oxygen atoms in total. The topological polar surface area (TPSA) is 0 Å². The van der Waals surface area contributed by atoms with Gasteiger partial charge in [-0.3, -0.25) is 0 Å². The first-order valence-corrected chi connectivity index (χ1v) is 11.9. The summed E-state index contributed by atoms with van der Waals surface area (Å²) in [5.74, 6) is 7.22. The van der Waals surface area contributed by atoms with Crippen LogP contribution in [-0.2, 0) is 0 Å². The Labute approximate surface area is 79.5 Å². The summed E-state index contributed by atoms with van der Waals surface area (Å²) in [7, 11) is 0. The minimum atomic E-state index is -1.55. The van der Waals surface area contributed by atoms with E-state index in [9.17, 15) is 0 Å². The van der Waals surface area contributed by atoms with Crippen molar-refractivity contribution in [2.24, 2.45) is 0 Å². The van der Waals surface area contributed by atoms with Crippen LogP contribution in [-0.4, -0.2) is 13.3 Å². The fourth-order valence-corrected chi connectivity index (χ4v) is 3.66. The van der Waals surface area contributed by atoms with Crippen molar-refractivity contribution in [1.29, 1.82) is 0 Å². The summed E-state index contributed by atoms with van der Waals surface area (Å²) in [6.45, 7) is 0. The van der Waals surface area contributed by atoms with E-state index >= 15 is 0 Å². The molecule has 0 aliphatic heterocycles. The molecule has 0 radical (unpaired) electrons. The Kier molecular flexibility index (Phi) is 2.81. The van der Waals surface area contributed by atoms with Gasteiger partial charge in [0.25, 0.3) is 0 Å². The van der Waals surface area contributed by atoms with Crippen molar-refractivity contribution in [3.8, 4) is 0 Å². The van der Waals surface area contributed by atoms with Crippen LogP contribution in [0.4, 0.5) is 0 Å². The third-order valence-electron chi connectivity index (χ3n) is 1.71. The Morgan fingerprint density at radius 3 is 1.82 bits per heavy atom. The fraction of sp³-hybridized carbons (Fsp3) is 0.333. The van der Waals surface area contributed by atoms with E-state index in [2.05, 4.69) is 57.5 Å². The third-order valence-corrected chi connectivity index (χ3v) is 6.57. The Morgan fingerprint density at radius 1 is 1.00 bits per heavy atom. The zero-order chi connectivity index (χ0) is 8.48. The number of rotatable bonds is 1. The average Bonchev–Trinajstić information content (AvgIpc) is 1.86. The first-order valence-electron chi connectivity index (χ1n) is 3.76. The molecule has 11 heavy (non-hydrogen) atoms. The van der Waals surface area contributed by atoms with Gasteiger partial charge in [-0.1, -0.05) is 0 Å². The predicted molar refractivity (Wildman–Crippen MR) is 57.1 cm³/mol. The van der Waals surface area contributed by atoms with E-state index < -0.39 is 13.3 Å². The zero-order valence-corrected chi connectivity index (χ0v) is 10.9. The van der Waals surface area contributed by atoms with Gasteiger partial charge in [-0.15, -0.1) is 0 Å². The van der Waals surface area contributed by atoms with Crippen LogP contribution in [0.5, 0.6) is 0 Å². The van der Waals surface area contributed by atoms with E-state index in [1.165, 1.54) is 4.47 Å². The fourth-order valence-electron chi connectivity index (χ4n) is 0.950. The van der Waals surface area contributed by atoms with Crippen LogP contribution in [0, 0.1) is 0 Å². The second-order valence-corrected chi connectivity index (χ2v) is 15.3. The van der Waals surface area contributed by atoms with Crippen molar-refractivity contribution in [3.63, 3.8) is 0 Å². The van der Waals surface area contributed by atoms with Gasteiger partial charge in [0.2, 0.25) is 0 Å². The van der Waals surface area contributed by atoms with Crippen LogP contribution in [0.25, 0.3) is 0 Å². The molecule has 2 heteroatoms. The van der Waals surface area contributed by atoms with Gasteiger partial charge in [0.1, 0.15) is 0 Å². The van der Waals surface area contributed by atoms with E-state index in [0.717, 1.165) is 0 Å². The number of hydrogen-bond acceptors (Lipinski definition) is 0. The van der Waals surface area contributed by atoms with Crippen LogP contribution >= 0.6 is 15.9 Å². The maximum atomic E-state index is 3.43. The number of benzene rings is 1. The first kappa shape index (κ1) is 9.33. The molecule has 0 aliphatic carbocycles. The Balaban J connectivity index is 2.99. The van der Waals surface area contributed by atoms with Crippen LogP contribution in [0.1, 0.15) is 0 Å². The summed E-state index contributed by atoms with van der Waals surface area (Å²) in [6, 6.07) is 8.74. The second-order valence-electron chi connectivity index (χ2n) is 3.76. The molecule has 0 amide bonds. The molecule has 0 heterocycles. The number of hydrogen-bond donors (Lipinski definition) is 0. The van der Waals surface area contributed by atoms with Crippen LogP contribution in [0.15, 0.2) is 28.7 Å². The van der Waals surface area contributed by atoms with E-state index in [1.54, 1.807) is 4.40 Å². The van der Waals surface area contributed by atoms with Crippen molar-refractivity contribution in [2.75, 3.05) is 0 Å². The normalized spacial score (nSPS) is 11.6. The van der Waals surface area contributed by atoms with Gasteiger partial charge in [0.15, 0.2) is 0 Å². The van der Waals surface area contributed by atoms with Crippen LogP contribution in [0.3, 0.4) is 0 Å². The molecule has 1 aromatic rings. The van der Waals surface area contributed by atoms with Gasteiger partial charge >= 0.3 is 79.6 Å². The Hall–Kier alpha value is 0.243. The third kappa shape index (κ3) is 2.64. The van der Waals surface area contributed by atoms with Gasteiger partial charge in [0, 0.05) is 0 Å². The van der Waals surface area contributed by atoms with Crippen molar-refractivity contribution in [3.05, 3.63) is 28.7 Å². The van der Waals surface area contributed by atoms with Crippen molar-refractivity contribution < 1.29 is 0 Å².